The summed E-state index contributed by atoms with van der Waals surface area (Å²) in [5, 5.41) is 24.0. The monoisotopic (exact) mass is 293 g/mol. The molecule has 1 aromatic rings. The molecule has 1 fully saturated rings. The molecule has 0 aromatic heterocycles. The Morgan fingerprint density at radius 2 is 2.29 bits per heavy atom. The van der Waals surface area contributed by atoms with E-state index in [2.05, 4.69) is 5.32 Å². The number of aliphatic hydroxyl groups is 1. The first-order valence-corrected chi connectivity index (χ1v) is 6.88. The van der Waals surface area contributed by atoms with Crippen molar-refractivity contribution in [3.8, 4) is 0 Å². The van der Waals surface area contributed by atoms with Gasteiger partial charge < -0.3 is 15.3 Å². The van der Waals surface area contributed by atoms with Crippen LogP contribution >= 0.6 is 0 Å². The summed E-state index contributed by atoms with van der Waals surface area (Å²) in [4.78, 5) is 24.7. The first-order valence-electron chi connectivity index (χ1n) is 6.88. The van der Waals surface area contributed by atoms with E-state index in [-0.39, 0.29) is 29.4 Å². The van der Waals surface area contributed by atoms with E-state index >= 15 is 0 Å². The number of nitrogens with zero attached hydrogens (tertiary/aromatic N) is 2. The van der Waals surface area contributed by atoms with Gasteiger partial charge in [0.1, 0.15) is 5.69 Å². The normalized spacial score (nSPS) is 21.4. The molecule has 7 heteroatoms. The van der Waals surface area contributed by atoms with E-state index < -0.39 is 10.5 Å². The average Bonchev–Trinajstić information content (AvgIpc) is 2.78. The number of benzene rings is 1. The molecular formula is C14H19N3O4. The molecule has 2 N–H and O–H groups in total. The number of likely N-dealkylation sites (tertiary alicyclic amines) is 1. The molecule has 21 heavy (non-hydrogen) atoms. The predicted octanol–water partition coefficient (Wildman–Crippen LogP) is 1.62. The first kappa shape index (κ1) is 15.2. The minimum absolute atomic E-state index is 0.117. The van der Waals surface area contributed by atoms with Crippen molar-refractivity contribution in [1.82, 2.24) is 4.90 Å². The number of nitrogens with one attached hydrogen (secondary N) is 1. The number of para-hydroxylation sites is 1. The smallest absolute Gasteiger partial charge is 0.293 e. The molecule has 114 valence electrons. The summed E-state index contributed by atoms with van der Waals surface area (Å²) >= 11 is 0. The van der Waals surface area contributed by atoms with Crippen LogP contribution in [0.5, 0.6) is 0 Å². The van der Waals surface area contributed by atoms with Crippen molar-refractivity contribution in [1.29, 1.82) is 0 Å². The largest absolute Gasteiger partial charge is 0.388 e. The quantitative estimate of drug-likeness (QED) is 0.649. The van der Waals surface area contributed by atoms with Gasteiger partial charge in [-0.15, -0.1) is 0 Å². The highest BCUT2D eigenvalue weighted by atomic mass is 16.6. The summed E-state index contributed by atoms with van der Waals surface area (Å²) in [5.74, 6) is -0.299. The molecular weight excluding hydrogens is 274 g/mol. The fourth-order valence-electron chi connectivity index (χ4n) is 2.52. The van der Waals surface area contributed by atoms with Crippen molar-refractivity contribution >= 4 is 17.3 Å². The van der Waals surface area contributed by atoms with Crippen molar-refractivity contribution in [2.24, 2.45) is 0 Å². The number of carbonyl (C=O) groups excluding carboxylic acids is 1. The number of carbonyl (C=O) groups is 1. The number of amides is 1. The topological polar surface area (TPSA) is 95.7 Å². The third kappa shape index (κ3) is 3.13. The molecule has 1 aromatic carbocycles. The fourth-order valence-corrected chi connectivity index (χ4v) is 2.52. The molecule has 2 rings (SSSR count). The van der Waals surface area contributed by atoms with Crippen molar-refractivity contribution in [2.75, 3.05) is 25.0 Å². The SMILES string of the molecule is CCNc1c(C(=O)N2CCC(C)(O)C2)cccc1[N+](=O)[O-]. The number of nitro benzene ring substituents is 1. The van der Waals surface area contributed by atoms with E-state index in [1.807, 2.05) is 6.92 Å². The molecule has 1 atom stereocenters. The molecule has 1 amide bonds. The Bertz CT molecular complexity index is 571. The molecule has 0 saturated carbocycles. The molecule has 0 aliphatic carbocycles. The summed E-state index contributed by atoms with van der Waals surface area (Å²) in [6.07, 6.45) is 0.504. The lowest BCUT2D eigenvalue weighted by Crippen LogP contribution is -2.34. The molecule has 1 aliphatic rings. The number of nitro groups is 1. The minimum Gasteiger partial charge on any atom is -0.388 e. The molecule has 0 spiro atoms. The molecule has 1 saturated heterocycles. The molecule has 0 bridgehead atoms. The zero-order valence-corrected chi connectivity index (χ0v) is 12.1. The summed E-state index contributed by atoms with van der Waals surface area (Å²) < 4.78 is 0. The third-order valence-electron chi connectivity index (χ3n) is 3.56. The van der Waals surface area contributed by atoms with Crippen LogP contribution in [0.4, 0.5) is 11.4 Å². The Hall–Kier alpha value is -2.15. The van der Waals surface area contributed by atoms with Crippen LogP contribution in [-0.4, -0.2) is 46.1 Å². The van der Waals surface area contributed by atoms with Crippen molar-refractivity contribution < 1.29 is 14.8 Å². The minimum atomic E-state index is -0.894. The van der Waals surface area contributed by atoms with Gasteiger partial charge >= 0.3 is 0 Å². The van der Waals surface area contributed by atoms with Gasteiger partial charge in [0.25, 0.3) is 11.6 Å². The maximum atomic E-state index is 12.6. The molecule has 1 unspecified atom stereocenters. The zero-order chi connectivity index (χ0) is 15.6. The summed E-state index contributed by atoms with van der Waals surface area (Å²) in [7, 11) is 0. The van der Waals surface area contributed by atoms with Crippen LogP contribution < -0.4 is 5.32 Å². The van der Waals surface area contributed by atoms with Gasteiger partial charge in [0, 0.05) is 25.7 Å². The number of hydrogen-bond acceptors (Lipinski definition) is 5. The van der Waals surface area contributed by atoms with E-state index in [4.69, 9.17) is 0 Å². The molecule has 7 nitrogen and oxygen atoms in total. The molecule has 1 aliphatic heterocycles. The van der Waals surface area contributed by atoms with Crippen LogP contribution in [-0.2, 0) is 0 Å². The number of rotatable bonds is 4. The maximum absolute atomic E-state index is 12.6. The summed E-state index contributed by atoms with van der Waals surface area (Å²) in [5.41, 5.74) is -0.506. The first-order chi connectivity index (χ1) is 9.85. The van der Waals surface area contributed by atoms with Gasteiger partial charge in [-0.25, -0.2) is 0 Å². The van der Waals surface area contributed by atoms with Crippen molar-refractivity contribution in [3.63, 3.8) is 0 Å². The Kier molecular flexibility index (Phi) is 4.13. The third-order valence-corrected chi connectivity index (χ3v) is 3.56. The van der Waals surface area contributed by atoms with Crippen LogP contribution in [0.1, 0.15) is 30.6 Å². The van der Waals surface area contributed by atoms with Gasteiger partial charge in [-0.2, -0.15) is 0 Å². The van der Waals surface area contributed by atoms with E-state index in [1.54, 1.807) is 13.0 Å². The molecule has 1 heterocycles. The standard InChI is InChI=1S/C14H19N3O4/c1-3-15-12-10(5-4-6-11(12)17(20)21)13(18)16-8-7-14(2,19)9-16/h4-6,15,19H,3,7-9H2,1-2H3. The van der Waals surface area contributed by atoms with Crippen LogP contribution in [0.2, 0.25) is 0 Å². The lowest BCUT2D eigenvalue weighted by Gasteiger charge is -2.20. The molecule has 0 radical (unpaired) electrons. The number of anilines is 1. The number of hydrogen-bond donors (Lipinski definition) is 2. The second kappa shape index (κ2) is 5.69. The second-order valence-electron chi connectivity index (χ2n) is 5.46. The number of β-amino-alcohol motifs (C(OH)–C–C–N with tert-alkyl or cyclic N) is 1. The van der Waals surface area contributed by atoms with E-state index in [0.717, 1.165) is 0 Å². The average molecular weight is 293 g/mol. The lowest BCUT2D eigenvalue weighted by molar-refractivity contribution is -0.384. The lowest BCUT2D eigenvalue weighted by atomic mass is 10.1. The predicted molar refractivity (Wildman–Crippen MR) is 78.4 cm³/mol. The Morgan fingerprint density at radius 3 is 2.81 bits per heavy atom. The Morgan fingerprint density at radius 1 is 1.57 bits per heavy atom. The van der Waals surface area contributed by atoms with Gasteiger partial charge in [-0.1, -0.05) is 6.07 Å². The van der Waals surface area contributed by atoms with Gasteiger partial charge in [-0.3, -0.25) is 14.9 Å². The maximum Gasteiger partial charge on any atom is 0.293 e. The zero-order valence-electron chi connectivity index (χ0n) is 12.1. The highest BCUT2D eigenvalue weighted by Gasteiger charge is 2.35. The van der Waals surface area contributed by atoms with Gasteiger partial charge in [0.2, 0.25) is 0 Å². The Labute approximate surface area is 122 Å². The van der Waals surface area contributed by atoms with Gasteiger partial charge in [-0.05, 0) is 26.3 Å². The fraction of sp³-hybridized carbons (Fsp3) is 0.500. The second-order valence-corrected chi connectivity index (χ2v) is 5.46. The van der Waals surface area contributed by atoms with Crippen LogP contribution in [0.15, 0.2) is 18.2 Å². The summed E-state index contributed by atoms with van der Waals surface area (Å²) in [6, 6.07) is 4.44. The van der Waals surface area contributed by atoms with Crippen molar-refractivity contribution in [3.05, 3.63) is 33.9 Å². The van der Waals surface area contributed by atoms with Crippen LogP contribution in [0.25, 0.3) is 0 Å². The summed E-state index contributed by atoms with van der Waals surface area (Å²) in [6.45, 7) is 4.65. The van der Waals surface area contributed by atoms with Crippen molar-refractivity contribution in [2.45, 2.75) is 25.9 Å². The van der Waals surface area contributed by atoms with Crippen LogP contribution in [0, 0.1) is 10.1 Å². The van der Waals surface area contributed by atoms with Gasteiger partial charge in [0.05, 0.1) is 16.1 Å². The van der Waals surface area contributed by atoms with E-state index in [1.165, 1.54) is 17.0 Å². The Balaban J connectivity index is 2.37. The van der Waals surface area contributed by atoms with E-state index in [9.17, 15) is 20.0 Å². The van der Waals surface area contributed by atoms with Gasteiger partial charge in [0.15, 0.2) is 0 Å². The van der Waals surface area contributed by atoms with E-state index in [0.29, 0.717) is 19.5 Å². The highest BCUT2D eigenvalue weighted by molar-refractivity contribution is 6.01. The van der Waals surface area contributed by atoms with Crippen LogP contribution in [0.3, 0.4) is 0 Å². The highest BCUT2D eigenvalue weighted by Crippen LogP contribution is 2.31.